The highest BCUT2D eigenvalue weighted by molar-refractivity contribution is 6.30. The minimum Gasteiger partial charge on any atom is -0.497 e. The van der Waals surface area contributed by atoms with Gasteiger partial charge in [-0.2, -0.15) is 0 Å². The lowest BCUT2D eigenvalue weighted by Crippen LogP contribution is -2.49. The minimum absolute atomic E-state index is 0.106. The summed E-state index contributed by atoms with van der Waals surface area (Å²) in [5.74, 6) is 2.12. The van der Waals surface area contributed by atoms with Crippen LogP contribution in [0.3, 0.4) is 0 Å². The predicted octanol–water partition coefficient (Wildman–Crippen LogP) is 4.60. The summed E-state index contributed by atoms with van der Waals surface area (Å²) >= 11 is 6.31. The molecule has 1 atom stereocenters. The Bertz CT molecular complexity index is 1430. The number of carbonyl (C=O) groups is 1. The molecule has 2 aliphatic heterocycles. The first-order chi connectivity index (χ1) is 18.1. The summed E-state index contributed by atoms with van der Waals surface area (Å²) in [6, 6.07) is 17.6. The highest BCUT2D eigenvalue weighted by atomic mass is 35.5. The van der Waals surface area contributed by atoms with Crippen LogP contribution in [0.2, 0.25) is 5.02 Å². The number of methoxy groups -OCH3 is 1. The molecule has 2 aliphatic rings. The van der Waals surface area contributed by atoms with Gasteiger partial charge in [0.15, 0.2) is 11.5 Å². The first-order valence-electron chi connectivity index (χ1n) is 12.3. The van der Waals surface area contributed by atoms with Gasteiger partial charge in [-0.15, -0.1) is 0 Å². The molecule has 0 unspecified atom stereocenters. The lowest BCUT2D eigenvalue weighted by atomic mass is 9.91. The van der Waals surface area contributed by atoms with Crippen LogP contribution in [0.5, 0.6) is 17.2 Å². The third-order valence-electron chi connectivity index (χ3n) is 7.10. The second-order valence-corrected chi connectivity index (χ2v) is 9.63. The van der Waals surface area contributed by atoms with Crippen LogP contribution in [0, 0.1) is 0 Å². The van der Waals surface area contributed by atoms with Crippen molar-refractivity contribution in [2.75, 3.05) is 45.0 Å². The maximum absolute atomic E-state index is 13.6. The van der Waals surface area contributed by atoms with Crippen LogP contribution in [-0.4, -0.2) is 60.3 Å². The van der Waals surface area contributed by atoms with Crippen molar-refractivity contribution >= 4 is 28.8 Å². The minimum atomic E-state index is -0.227. The Balaban J connectivity index is 1.23. The number of ether oxygens (including phenoxy) is 3. The molecule has 1 saturated heterocycles. The van der Waals surface area contributed by atoms with E-state index in [4.69, 9.17) is 25.8 Å². The van der Waals surface area contributed by atoms with E-state index in [1.54, 1.807) is 7.11 Å². The highest BCUT2D eigenvalue weighted by Crippen LogP contribution is 2.38. The monoisotopic (exact) mass is 518 g/mol. The number of imidazole rings is 1. The molecule has 2 aromatic carbocycles. The Labute approximate surface area is 219 Å². The number of amides is 1. The molecule has 0 radical (unpaired) electrons. The van der Waals surface area contributed by atoms with E-state index in [9.17, 15) is 4.79 Å². The third-order valence-corrected chi connectivity index (χ3v) is 7.33. The molecule has 9 heteroatoms. The van der Waals surface area contributed by atoms with Crippen LogP contribution in [-0.2, 0) is 4.79 Å². The molecule has 4 heterocycles. The molecule has 0 bridgehead atoms. The Morgan fingerprint density at radius 1 is 1.03 bits per heavy atom. The number of nitrogens with zero attached hydrogens (tertiary/aromatic N) is 4. The summed E-state index contributed by atoms with van der Waals surface area (Å²) < 4.78 is 18.4. The molecule has 4 aromatic rings. The normalized spacial score (nSPS) is 15.7. The van der Waals surface area contributed by atoms with E-state index in [1.807, 2.05) is 64.2 Å². The predicted molar refractivity (Wildman–Crippen MR) is 141 cm³/mol. The number of hydrogen-bond donors (Lipinski definition) is 0. The third kappa shape index (κ3) is 4.64. The fourth-order valence-corrected chi connectivity index (χ4v) is 5.23. The van der Waals surface area contributed by atoms with Gasteiger partial charge in [-0.1, -0.05) is 17.7 Å². The fourth-order valence-electron chi connectivity index (χ4n) is 5.07. The number of piperazine rings is 1. The number of fused-ring (bicyclic) bond motifs is 2. The number of halogens is 1. The summed E-state index contributed by atoms with van der Waals surface area (Å²) in [4.78, 5) is 22.4. The zero-order chi connectivity index (χ0) is 25.4. The van der Waals surface area contributed by atoms with Crippen molar-refractivity contribution in [1.82, 2.24) is 14.3 Å². The molecular formula is C28H27ClN4O4. The molecule has 37 heavy (non-hydrogen) atoms. The van der Waals surface area contributed by atoms with Gasteiger partial charge in [0.2, 0.25) is 12.7 Å². The molecule has 1 fully saturated rings. The number of hydrogen-bond acceptors (Lipinski definition) is 6. The lowest BCUT2D eigenvalue weighted by molar-refractivity contribution is -0.131. The molecule has 1 amide bonds. The van der Waals surface area contributed by atoms with E-state index in [0.29, 0.717) is 36.0 Å². The van der Waals surface area contributed by atoms with Crippen molar-refractivity contribution in [2.45, 2.75) is 12.3 Å². The second kappa shape index (κ2) is 9.86. The Kier molecular flexibility index (Phi) is 6.26. The van der Waals surface area contributed by atoms with Crippen LogP contribution >= 0.6 is 11.6 Å². The van der Waals surface area contributed by atoms with Crippen LogP contribution in [0.1, 0.15) is 23.6 Å². The summed E-state index contributed by atoms with van der Waals surface area (Å²) in [5.41, 5.74) is 3.79. The van der Waals surface area contributed by atoms with E-state index in [1.165, 1.54) is 0 Å². The summed E-state index contributed by atoms with van der Waals surface area (Å²) in [5, 5.41) is 0.608. The molecule has 6 rings (SSSR count). The van der Waals surface area contributed by atoms with Gasteiger partial charge in [0.1, 0.15) is 11.4 Å². The number of carbonyl (C=O) groups excluding carboxylic acids is 1. The lowest BCUT2D eigenvalue weighted by Gasteiger charge is -2.36. The van der Waals surface area contributed by atoms with Crippen LogP contribution in [0.4, 0.5) is 5.69 Å². The van der Waals surface area contributed by atoms with Crippen molar-refractivity contribution in [1.29, 1.82) is 0 Å². The summed E-state index contributed by atoms with van der Waals surface area (Å²) in [7, 11) is 1.66. The van der Waals surface area contributed by atoms with Crippen molar-refractivity contribution < 1.29 is 19.0 Å². The first kappa shape index (κ1) is 23.5. The molecule has 0 N–H and O–H groups in total. The van der Waals surface area contributed by atoms with Gasteiger partial charge >= 0.3 is 0 Å². The van der Waals surface area contributed by atoms with E-state index in [0.717, 1.165) is 41.4 Å². The number of aromatic nitrogens is 2. The van der Waals surface area contributed by atoms with Crippen molar-refractivity contribution in [2.24, 2.45) is 0 Å². The van der Waals surface area contributed by atoms with Crippen molar-refractivity contribution in [3.8, 4) is 17.2 Å². The van der Waals surface area contributed by atoms with Crippen molar-refractivity contribution in [3.05, 3.63) is 83.3 Å². The fraction of sp³-hybridized carbons (Fsp3) is 0.286. The standard InChI is InChI=1S/C28H27ClN4O4/c1-35-22-6-4-21(5-7-22)31-10-12-32(13-11-31)28(34)15-23(19-2-8-25-26(14-19)37-18-36-25)24-16-30-27-9-3-20(29)17-33(24)27/h2-9,14,16-17,23H,10-13,15,18H2,1H3/t23-/m0/s1. The Morgan fingerprint density at radius 3 is 2.59 bits per heavy atom. The highest BCUT2D eigenvalue weighted by Gasteiger charge is 2.28. The second-order valence-electron chi connectivity index (χ2n) is 9.19. The number of rotatable bonds is 6. The first-order valence-corrected chi connectivity index (χ1v) is 12.7. The van der Waals surface area contributed by atoms with Gasteiger partial charge in [0, 0.05) is 56.6 Å². The zero-order valence-corrected chi connectivity index (χ0v) is 21.2. The van der Waals surface area contributed by atoms with Gasteiger partial charge in [0.25, 0.3) is 0 Å². The topological polar surface area (TPSA) is 68.5 Å². The average Bonchev–Trinajstić information content (AvgIpc) is 3.58. The van der Waals surface area contributed by atoms with Gasteiger partial charge in [0.05, 0.1) is 17.8 Å². The van der Waals surface area contributed by atoms with E-state index < -0.39 is 0 Å². The van der Waals surface area contributed by atoms with Crippen LogP contribution in [0.25, 0.3) is 5.65 Å². The number of benzene rings is 2. The van der Waals surface area contributed by atoms with E-state index in [2.05, 4.69) is 22.0 Å². The Hall–Kier alpha value is -3.91. The molecular weight excluding hydrogens is 492 g/mol. The Morgan fingerprint density at radius 2 is 1.81 bits per heavy atom. The van der Waals surface area contributed by atoms with E-state index in [-0.39, 0.29) is 18.6 Å². The molecule has 8 nitrogen and oxygen atoms in total. The van der Waals surface area contributed by atoms with Crippen LogP contribution in [0.15, 0.2) is 67.0 Å². The quantitative estimate of drug-likeness (QED) is 0.372. The van der Waals surface area contributed by atoms with Gasteiger partial charge < -0.3 is 28.4 Å². The smallest absolute Gasteiger partial charge is 0.231 e. The SMILES string of the molecule is COc1ccc(N2CCN(C(=O)C[C@@H](c3ccc4c(c3)OCO4)c3cnc4ccc(Cl)cn34)CC2)cc1. The largest absolute Gasteiger partial charge is 0.497 e. The average molecular weight is 519 g/mol. The zero-order valence-electron chi connectivity index (χ0n) is 20.5. The van der Waals surface area contributed by atoms with Crippen molar-refractivity contribution in [3.63, 3.8) is 0 Å². The summed E-state index contributed by atoms with van der Waals surface area (Å²) in [6.07, 6.45) is 3.98. The maximum Gasteiger partial charge on any atom is 0.231 e. The molecule has 0 spiro atoms. The summed E-state index contributed by atoms with van der Waals surface area (Å²) in [6.45, 7) is 3.08. The van der Waals surface area contributed by atoms with Gasteiger partial charge in [-0.25, -0.2) is 4.98 Å². The van der Waals surface area contributed by atoms with Gasteiger partial charge in [-0.3, -0.25) is 4.79 Å². The maximum atomic E-state index is 13.6. The van der Waals surface area contributed by atoms with Crippen LogP contribution < -0.4 is 19.1 Å². The molecule has 190 valence electrons. The number of pyridine rings is 1. The number of anilines is 1. The molecule has 2 aromatic heterocycles. The van der Waals surface area contributed by atoms with Gasteiger partial charge in [-0.05, 0) is 54.1 Å². The molecule has 0 saturated carbocycles. The van der Waals surface area contributed by atoms with E-state index >= 15 is 0 Å². The molecule has 0 aliphatic carbocycles.